The van der Waals surface area contributed by atoms with Crippen molar-refractivity contribution in [2.24, 2.45) is 5.73 Å². The fourth-order valence-corrected chi connectivity index (χ4v) is 2.12. The summed E-state index contributed by atoms with van der Waals surface area (Å²) in [5.74, 6) is -0.239. The highest BCUT2D eigenvalue weighted by Gasteiger charge is 2.51. The molecular weight excluding hydrogens is 293 g/mol. The van der Waals surface area contributed by atoms with Gasteiger partial charge in [0.25, 0.3) is 0 Å². The van der Waals surface area contributed by atoms with Gasteiger partial charge in [-0.05, 0) is 24.5 Å². The molecule has 20 heavy (non-hydrogen) atoms. The zero-order chi connectivity index (χ0) is 14.1. The second-order valence-corrected chi connectivity index (χ2v) is 4.71. The second kappa shape index (κ2) is 6.01. The Morgan fingerprint density at radius 2 is 2.00 bits per heavy atom. The minimum Gasteiger partial charge on any atom is -0.354 e. The number of nitrogens with two attached hydrogens (primary N) is 1. The predicted molar refractivity (Wildman–Crippen MR) is 71.7 cm³/mol. The van der Waals surface area contributed by atoms with Crippen LogP contribution in [0.2, 0.25) is 0 Å². The van der Waals surface area contributed by atoms with Gasteiger partial charge in [-0.15, -0.1) is 12.4 Å². The molecule has 3 N–H and O–H groups in total. The number of hydrogen-bond donors (Lipinski definition) is 2. The number of benzene rings is 1. The fourth-order valence-electron chi connectivity index (χ4n) is 2.12. The molecule has 0 saturated heterocycles. The van der Waals surface area contributed by atoms with E-state index in [4.69, 9.17) is 5.73 Å². The van der Waals surface area contributed by atoms with E-state index in [1.54, 1.807) is 6.07 Å². The Morgan fingerprint density at radius 1 is 1.35 bits per heavy atom. The SMILES string of the molecule is Cl.NCCNC(=O)C1(c2cccc(C(F)(F)F)c2)CC1. The van der Waals surface area contributed by atoms with E-state index >= 15 is 0 Å². The maximum atomic E-state index is 12.7. The van der Waals surface area contributed by atoms with Crippen LogP contribution in [0, 0.1) is 0 Å². The molecule has 0 atom stereocenters. The molecule has 0 bridgehead atoms. The van der Waals surface area contributed by atoms with E-state index in [0.717, 1.165) is 12.1 Å². The quantitative estimate of drug-likeness (QED) is 0.896. The molecule has 1 fully saturated rings. The summed E-state index contributed by atoms with van der Waals surface area (Å²) >= 11 is 0. The molecule has 0 radical (unpaired) electrons. The van der Waals surface area contributed by atoms with E-state index in [9.17, 15) is 18.0 Å². The van der Waals surface area contributed by atoms with Gasteiger partial charge in [0.2, 0.25) is 5.91 Å². The van der Waals surface area contributed by atoms with E-state index in [1.807, 2.05) is 0 Å². The molecule has 1 amide bonds. The average molecular weight is 309 g/mol. The number of carbonyl (C=O) groups excluding carboxylic acids is 1. The van der Waals surface area contributed by atoms with Crippen LogP contribution in [0.1, 0.15) is 24.0 Å². The zero-order valence-corrected chi connectivity index (χ0v) is 11.5. The van der Waals surface area contributed by atoms with Crippen molar-refractivity contribution in [3.05, 3.63) is 35.4 Å². The molecule has 0 aromatic heterocycles. The van der Waals surface area contributed by atoms with Gasteiger partial charge in [-0.3, -0.25) is 4.79 Å². The number of halogens is 4. The van der Waals surface area contributed by atoms with E-state index in [1.165, 1.54) is 6.07 Å². The van der Waals surface area contributed by atoms with Crippen molar-refractivity contribution in [1.82, 2.24) is 5.32 Å². The second-order valence-electron chi connectivity index (χ2n) is 4.71. The van der Waals surface area contributed by atoms with Crippen molar-refractivity contribution in [2.45, 2.75) is 24.4 Å². The molecule has 1 saturated carbocycles. The number of carbonyl (C=O) groups is 1. The first kappa shape index (κ1) is 16.8. The molecule has 0 spiro atoms. The number of nitrogens with one attached hydrogen (secondary N) is 1. The molecular formula is C13H16ClF3N2O. The van der Waals surface area contributed by atoms with Crippen LogP contribution in [0.5, 0.6) is 0 Å². The molecule has 3 nitrogen and oxygen atoms in total. The molecule has 7 heteroatoms. The first-order chi connectivity index (χ1) is 8.90. The Morgan fingerprint density at radius 3 is 2.50 bits per heavy atom. The summed E-state index contributed by atoms with van der Waals surface area (Å²) < 4.78 is 38.0. The molecule has 112 valence electrons. The summed E-state index contributed by atoms with van der Waals surface area (Å²) in [6, 6.07) is 4.99. The van der Waals surface area contributed by atoms with Gasteiger partial charge in [0, 0.05) is 13.1 Å². The minimum atomic E-state index is -4.39. The van der Waals surface area contributed by atoms with E-state index < -0.39 is 17.2 Å². The van der Waals surface area contributed by atoms with E-state index in [-0.39, 0.29) is 18.3 Å². The lowest BCUT2D eigenvalue weighted by Gasteiger charge is -2.17. The van der Waals surface area contributed by atoms with Crippen LogP contribution in [-0.4, -0.2) is 19.0 Å². The van der Waals surface area contributed by atoms with Crippen molar-refractivity contribution < 1.29 is 18.0 Å². The van der Waals surface area contributed by atoms with Gasteiger partial charge in [-0.2, -0.15) is 13.2 Å². The smallest absolute Gasteiger partial charge is 0.354 e. The summed E-state index contributed by atoms with van der Waals surface area (Å²) in [6.07, 6.45) is -3.24. The average Bonchev–Trinajstić information content (AvgIpc) is 3.16. The molecule has 1 aromatic carbocycles. The van der Waals surface area contributed by atoms with Crippen LogP contribution < -0.4 is 11.1 Å². The standard InChI is InChI=1S/C13H15F3N2O.ClH/c14-13(15,16)10-3-1-2-9(8-10)12(4-5-12)11(19)18-7-6-17;/h1-3,8H,4-7,17H2,(H,18,19);1H. The summed E-state index contributed by atoms with van der Waals surface area (Å²) in [6.45, 7) is 0.643. The third kappa shape index (κ3) is 3.24. The van der Waals surface area contributed by atoms with Crippen molar-refractivity contribution >= 4 is 18.3 Å². The van der Waals surface area contributed by atoms with Gasteiger partial charge in [0.15, 0.2) is 0 Å². The molecule has 1 aromatic rings. The fraction of sp³-hybridized carbons (Fsp3) is 0.462. The normalized spacial score (nSPS) is 16.2. The first-order valence-corrected chi connectivity index (χ1v) is 6.06. The lowest BCUT2D eigenvalue weighted by molar-refractivity contribution is -0.137. The topological polar surface area (TPSA) is 55.1 Å². The Kier molecular flexibility index (Phi) is 5.05. The van der Waals surface area contributed by atoms with E-state index in [0.29, 0.717) is 31.5 Å². The lowest BCUT2D eigenvalue weighted by atomic mass is 9.93. The molecule has 0 heterocycles. The predicted octanol–water partition coefficient (Wildman–Crippen LogP) is 2.23. The van der Waals surface area contributed by atoms with E-state index in [2.05, 4.69) is 5.32 Å². The van der Waals surface area contributed by atoms with Crippen molar-refractivity contribution in [3.63, 3.8) is 0 Å². The monoisotopic (exact) mass is 308 g/mol. The van der Waals surface area contributed by atoms with Gasteiger partial charge in [0.1, 0.15) is 0 Å². The largest absolute Gasteiger partial charge is 0.416 e. The Balaban J connectivity index is 0.00000200. The number of rotatable bonds is 4. The highest BCUT2D eigenvalue weighted by Crippen LogP contribution is 2.49. The Labute approximate surface area is 121 Å². The van der Waals surface area contributed by atoms with Crippen molar-refractivity contribution in [1.29, 1.82) is 0 Å². The Bertz CT molecular complexity index is 487. The maximum absolute atomic E-state index is 12.7. The van der Waals surface area contributed by atoms with Gasteiger partial charge in [0.05, 0.1) is 11.0 Å². The van der Waals surface area contributed by atoms with Crippen molar-refractivity contribution in [2.75, 3.05) is 13.1 Å². The van der Waals surface area contributed by atoms with Gasteiger partial charge >= 0.3 is 6.18 Å². The zero-order valence-electron chi connectivity index (χ0n) is 10.7. The lowest BCUT2D eigenvalue weighted by Crippen LogP contribution is -2.37. The van der Waals surface area contributed by atoms with Gasteiger partial charge < -0.3 is 11.1 Å². The minimum absolute atomic E-state index is 0. The van der Waals surface area contributed by atoms with Crippen LogP contribution in [-0.2, 0) is 16.4 Å². The van der Waals surface area contributed by atoms with Crippen LogP contribution in [0.3, 0.4) is 0 Å². The number of alkyl halides is 3. The van der Waals surface area contributed by atoms with Gasteiger partial charge in [-0.1, -0.05) is 18.2 Å². The van der Waals surface area contributed by atoms with Crippen molar-refractivity contribution in [3.8, 4) is 0 Å². The number of amides is 1. The molecule has 2 rings (SSSR count). The Hall–Kier alpha value is -1.27. The number of hydrogen-bond acceptors (Lipinski definition) is 2. The van der Waals surface area contributed by atoms with Crippen LogP contribution in [0.15, 0.2) is 24.3 Å². The molecule has 1 aliphatic carbocycles. The highest BCUT2D eigenvalue weighted by atomic mass is 35.5. The van der Waals surface area contributed by atoms with Gasteiger partial charge in [-0.25, -0.2) is 0 Å². The summed E-state index contributed by atoms with van der Waals surface area (Å²) in [5, 5.41) is 2.65. The molecule has 1 aliphatic rings. The van der Waals surface area contributed by atoms with Crippen LogP contribution in [0.4, 0.5) is 13.2 Å². The first-order valence-electron chi connectivity index (χ1n) is 6.06. The molecule has 0 aliphatic heterocycles. The highest BCUT2D eigenvalue weighted by molar-refractivity contribution is 5.91. The summed E-state index contributed by atoms with van der Waals surface area (Å²) in [7, 11) is 0. The maximum Gasteiger partial charge on any atom is 0.416 e. The van der Waals surface area contributed by atoms with Crippen LogP contribution >= 0.6 is 12.4 Å². The third-order valence-corrected chi connectivity index (χ3v) is 3.36. The van der Waals surface area contributed by atoms with Crippen LogP contribution in [0.25, 0.3) is 0 Å². The molecule has 0 unspecified atom stereocenters. The summed E-state index contributed by atoms with van der Waals surface area (Å²) in [5.41, 5.74) is 4.21. The summed E-state index contributed by atoms with van der Waals surface area (Å²) in [4.78, 5) is 12.0. The third-order valence-electron chi connectivity index (χ3n) is 3.36.